The second kappa shape index (κ2) is 10.1. The van der Waals surface area contributed by atoms with Gasteiger partial charge in [-0.25, -0.2) is 9.37 Å². The van der Waals surface area contributed by atoms with Crippen molar-refractivity contribution in [1.29, 1.82) is 0 Å². The Labute approximate surface area is 198 Å². The van der Waals surface area contributed by atoms with Crippen molar-refractivity contribution in [3.8, 4) is 10.7 Å². The topological polar surface area (TPSA) is 87.2 Å². The molecule has 3 rings (SSSR count). The minimum absolute atomic E-state index is 0.246. The number of aryl methyl sites for hydroxylation is 1. The van der Waals surface area contributed by atoms with Crippen LogP contribution in [0.5, 0.6) is 0 Å². The quantitative estimate of drug-likeness (QED) is 0.449. The molecule has 0 radical (unpaired) electrons. The van der Waals surface area contributed by atoms with E-state index in [9.17, 15) is 14.0 Å². The average Bonchev–Trinajstić information content (AvgIpc) is 3.24. The van der Waals surface area contributed by atoms with Crippen LogP contribution in [0.3, 0.4) is 0 Å². The lowest BCUT2D eigenvalue weighted by Crippen LogP contribution is -2.32. The van der Waals surface area contributed by atoms with Crippen molar-refractivity contribution in [3.63, 3.8) is 0 Å². The normalized spacial score (nSPS) is 12.6. The second-order valence-electron chi connectivity index (χ2n) is 8.35. The number of aromatic nitrogens is 2. The van der Waals surface area contributed by atoms with Crippen LogP contribution >= 0.6 is 27.3 Å². The summed E-state index contributed by atoms with van der Waals surface area (Å²) in [6, 6.07) is 9.41. The molecule has 0 fully saturated rings. The van der Waals surface area contributed by atoms with Crippen LogP contribution in [0.2, 0.25) is 0 Å². The first-order valence-corrected chi connectivity index (χ1v) is 11.8. The molecule has 0 bridgehead atoms. The summed E-state index contributed by atoms with van der Waals surface area (Å²) in [5.41, 5.74) is 6.59. The first-order valence-electron chi connectivity index (χ1n) is 10.1. The Kier molecular flexibility index (Phi) is 7.63. The molecule has 0 aliphatic rings. The molecular formula is C23H25BrFN3O3S. The van der Waals surface area contributed by atoms with Gasteiger partial charge in [0.25, 0.3) is 5.56 Å². The number of carbonyl (C=O) groups is 1. The number of hydrogen-bond donors (Lipinski definition) is 1. The van der Waals surface area contributed by atoms with E-state index in [0.717, 1.165) is 10.4 Å². The van der Waals surface area contributed by atoms with E-state index in [1.165, 1.54) is 28.0 Å². The predicted molar refractivity (Wildman–Crippen MR) is 127 cm³/mol. The Morgan fingerprint density at radius 1 is 1.28 bits per heavy atom. The van der Waals surface area contributed by atoms with E-state index in [1.807, 2.05) is 17.5 Å². The van der Waals surface area contributed by atoms with Gasteiger partial charge < -0.3 is 10.5 Å². The number of ether oxygens (including phenoxy) is 1. The Hall–Kier alpha value is -2.36. The molecule has 170 valence electrons. The van der Waals surface area contributed by atoms with Gasteiger partial charge in [-0.3, -0.25) is 14.2 Å². The molecule has 1 atom stereocenters. The number of thiophene rings is 1. The van der Waals surface area contributed by atoms with E-state index in [-0.39, 0.29) is 28.4 Å². The Morgan fingerprint density at radius 2 is 1.97 bits per heavy atom. The highest BCUT2D eigenvalue weighted by molar-refractivity contribution is 9.10. The van der Waals surface area contributed by atoms with Crippen molar-refractivity contribution in [3.05, 3.63) is 73.7 Å². The number of nitrogens with two attached hydrogens (primary N) is 1. The average molecular weight is 522 g/mol. The highest BCUT2D eigenvalue weighted by Gasteiger charge is 2.22. The van der Waals surface area contributed by atoms with Crippen LogP contribution in [-0.4, -0.2) is 21.1 Å². The van der Waals surface area contributed by atoms with E-state index >= 15 is 0 Å². The smallest absolute Gasteiger partial charge is 0.326 e. The van der Waals surface area contributed by atoms with Gasteiger partial charge in [0.15, 0.2) is 5.82 Å². The van der Waals surface area contributed by atoms with Crippen molar-refractivity contribution in [2.45, 2.75) is 51.8 Å². The molecule has 32 heavy (non-hydrogen) atoms. The highest BCUT2D eigenvalue weighted by atomic mass is 79.9. The van der Waals surface area contributed by atoms with Gasteiger partial charge in [-0.15, -0.1) is 11.3 Å². The lowest BCUT2D eigenvalue weighted by Gasteiger charge is -2.21. The van der Waals surface area contributed by atoms with Crippen LogP contribution in [0.4, 0.5) is 4.39 Å². The zero-order valence-corrected chi connectivity index (χ0v) is 20.5. The minimum Gasteiger partial charge on any atom is -0.459 e. The molecule has 3 aromatic rings. The first-order chi connectivity index (χ1) is 15.0. The molecule has 0 unspecified atom stereocenters. The Bertz CT molecular complexity index is 1140. The van der Waals surface area contributed by atoms with Crippen LogP contribution in [0.25, 0.3) is 10.7 Å². The van der Waals surface area contributed by atoms with E-state index in [0.29, 0.717) is 24.4 Å². The fraction of sp³-hybridized carbons (Fsp3) is 0.348. The molecule has 0 saturated carbocycles. The minimum atomic E-state index is -0.662. The van der Waals surface area contributed by atoms with E-state index in [4.69, 9.17) is 15.5 Å². The van der Waals surface area contributed by atoms with E-state index in [1.54, 1.807) is 32.9 Å². The van der Waals surface area contributed by atoms with Gasteiger partial charge in [0.05, 0.1) is 10.6 Å². The summed E-state index contributed by atoms with van der Waals surface area (Å²) in [7, 11) is 0. The monoisotopic (exact) mass is 521 g/mol. The molecule has 0 spiro atoms. The van der Waals surface area contributed by atoms with Crippen LogP contribution in [0, 0.1) is 5.82 Å². The van der Waals surface area contributed by atoms with Crippen LogP contribution < -0.4 is 11.3 Å². The summed E-state index contributed by atoms with van der Waals surface area (Å²) >= 11 is 4.79. The van der Waals surface area contributed by atoms with E-state index < -0.39 is 11.6 Å². The summed E-state index contributed by atoms with van der Waals surface area (Å²) in [6.07, 6.45) is 0.941. The molecule has 9 heteroatoms. The third-order valence-corrected chi connectivity index (χ3v) is 6.28. The molecule has 0 saturated heterocycles. The van der Waals surface area contributed by atoms with Crippen LogP contribution in [0.1, 0.15) is 44.5 Å². The SMILES string of the molecule is CC(C)(C)OC(=O)Cn1c(-c2cccs2)nc(CC[C@H](N)c2ccc(F)cc2)c(Br)c1=O. The van der Waals surface area contributed by atoms with Gasteiger partial charge in [0.2, 0.25) is 0 Å². The van der Waals surface area contributed by atoms with Crippen LogP contribution in [0.15, 0.2) is 51.0 Å². The molecule has 2 aromatic heterocycles. The van der Waals surface area contributed by atoms with Gasteiger partial charge in [-0.1, -0.05) is 18.2 Å². The maximum Gasteiger partial charge on any atom is 0.326 e. The largest absolute Gasteiger partial charge is 0.459 e. The predicted octanol–water partition coefficient (Wildman–Crippen LogP) is 4.85. The van der Waals surface area contributed by atoms with Gasteiger partial charge >= 0.3 is 5.97 Å². The summed E-state index contributed by atoms with van der Waals surface area (Å²) in [5, 5.41) is 1.88. The van der Waals surface area contributed by atoms with Crippen LogP contribution in [-0.2, 0) is 22.5 Å². The zero-order chi connectivity index (χ0) is 23.5. The fourth-order valence-corrected chi connectivity index (χ4v) is 4.38. The number of carbonyl (C=O) groups excluding carboxylic acids is 1. The number of hydrogen-bond acceptors (Lipinski definition) is 6. The van der Waals surface area contributed by atoms with Crippen molar-refractivity contribution < 1.29 is 13.9 Å². The number of benzene rings is 1. The van der Waals surface area contributed by atoms with Crippen molar-refractivity contribution in [2.75, 3.05) is 0 Å². The maximum absolute atomic E-state index is 13.2. The number of halogens is 2. The molecule has 6 nitrogen and oxygen atoms in total. The molecular weight excluding hydrogens is 497 g/mol. The third-order valence-electron chi connectivity index (χ3n) is 4.62. The van der Waals surface area contributed by atoms with Gasteiger partial charge in [0, 0.05) is 6.04 Å². The van der Waals surface area contributed by atoms with Crippen molar-refractivity contribution in [2.24, 2.45) is 5.73 Å². The second-order valence-corrected chi connectivity index (χ2v) is 10.1. The maximum atomic E-state index is 13.2. The lowest BCUT2D eigenvalue weighted by molar-refractivity contribution is -0.155. The number of esters is 1. The van der Waals surface area contributed by atoms with Crippen molar-refractivity contribution >= 4 is 33.2 Å². The number of nitrogens with zero attached hydrogens (tertiary/aromatic N) is 2. The summed E-state index contributed by atoms with van der Waals surface area (Å²) in [6.45, 7) is 5.07. The van der Waals surface area contributed by atoms with Crippen molar-refractivity contribution in [1.82, 2.24) is 9.55 Å². The van der Waals surface area contributed by atoms with Gasteiger partial charge in [-0.05, 0) is 78.7 Å². The Morgan fingerprint density at radius 3 is 2.56 bits per heavy atom. The summed E-state index contributed by atoms with van der Waals surface area (Å²) in [4.78, 5) is 31.1. The summed E-state index contributed by atoms with van der Waals surface area (Å²) in [5.74, 6) is -0.429. The molecule has 0 aliphatic heterocycles. The summed E-state index contributed by atoms with van der Waals surface area (Å²) < 4.78 is 20.2. The molecule has 0 aliphatic carbocycles. The molecule has 1 aromatic carbocycles. The fourth-order valence-electron chi connectivity index (χ4n) is 3.15. The van der Waals surface area contributed by atoms with Gasteiger partial charge in [-0.2, -0.15) is 0 Å². The molecule has 2 heterocycles. The Balaban J connectivity index is 1.90. The molecule has 0 amide bonds. The third kappa shape index (κ3) is 6.11. The van der Waals surface area contributed by atoms with Gasteiger partial charge in [0.1, 0.15) is 22.4 Å². The highest BCUT2D eigenvalue weighted by Crippen LogP contribution is 2.26. The number of rotatable bonds is 7. The molecule has 2 N–H and O–H groups in total. The zero-order valence-electron chi connectivity index (χ0n) is 18.1. The van der Waals surface area contributed by atoms with E-state index in [2.05, 4.69) is 15.9 Å². The standard InChI is InChI=1S/C23H25BrFN3O3S/c1-23(2,3)31-19(29)13-28-21(18-5-4-12-32-18)27-17(20(24)22(28)30)11-10-16(26)14-6-8-15(25)9-7-14/h4-9,12,16H,10-11,13,26H2,1-3H3/t16-/m0/s1. The first kappa shape index (κ1) is 24.3. The lowest BCUT2D eigenvalue weighted by atomic mass is 10.0.